The van der Waals surface area contributed by atoms with Gasteiger partial charge in [0.2, 0.25) is 0 Å². The molecule has 0 aliphatic rings. The van der Waals surface area contributed by atoms with Gasteiger partial charge >= 0.3 is 0 Å². The Labute approximate surface area is 104 Å². The van der Waals surface area contributed by atoms with Gasteiger partial charge in [-0.3, -0.25) is 0 Å². The van der Waals surface area contributed by atoms with Crippen molar-refractivity contribution in [3.8, 4) is 17.1 Å². The number of hydrogen-bond donors (Lipinski definition) is 1. The number of nitrogen functional groups attached to an aromatic ring is 1. The maximum atomic E-state index is 5.47. The minimum absolute atomic E-state index is 0.180. The van der Waals surface area contributed by atoms with Crippen molar-refractivity contribution in [3.63, 3.8) is 0 Å². The number of benzene rings is 2. The molecule has 0 atom stereocenters. The standard InChI is InChI=1S/C14H12N2O2/c1-17-12-5-4-9-6-11(3-2-10(9)7-12)13-8-16-14(15)18-13/h2-8H,1H3,(H2,15,16). The zero-order valence-corrected chi connectivity index (χ0v) is 9.88. The van der Waals surface area contributed by atoms with E-state index in [1.165, 1.54) is 0 Å². The summed E-state index contributed by atoms with van der Waals surface area (Å²) in [7, 11) is 1.66. The molecule has 18 heavy (non-hydrogen) atoms. The highest BCUT2D eigenvalue weighted by atomic mass is 16.5. The van der Waals surface area contributed by atoms with Gasteiger partial charge in [0.25, 0.3) is 6.01 Å². The van der Waals surface area contributed by atoms with E-state index in [9.17, 15) is 0 Å². The summed E-state index contributed by atoms with van der Waals surface area (Å²) in [6.07, 6.45) is 1.63. The molecule has 0 saturated carbocycles. The van der Waals surface area contributed by atoms with Crippen molar-refractivity contribution >= 4 is 16.8 Å². The Morgan fingerprint density at radius 3 is 2.61 bits per heavy atom. The molecule has 3 rings (SSSR count). The molecule has 0 radical (unpaired) electrons. The van der Waals surface area contributed by atoms with Gasteiger partial charge in [-0.25, -0.2) is 4.98 Å². The molecular weight excluding hydrogens is 228 g/mol. The number of hydrogen-bond acceptors (Lipinski definition) is 4. The Morgan fingerprint density at radius 2 is 1.89 bits per heavy atom. The number of nitrogens with two attached hydrogens (primary N) is 1. The zero-order valence-electron chi connectivity index (χ0n) is 9.88. The van der Waals surface area contributed by atoms with Crippen LogP contribution in [0.2, 0.25) is 0 Å². The maximum Gasteiger partial charge on any atom is 0.292 e. The normalized spacial score (nSPS) is 10.7. The third-order valence-corrected chi connectivity index (χ3v) is 2.86. The van der Waals surface area contributed by atoms with Crippen molar-refractivity contribution in [2.24, 2.45) is 0 Å². The van der Waals surface area contributed by atoms with Crippen LogP contribution in [0, 0.1) is 0 Å². The van der Waals surface area contributed by atoms with E-state index in [2.05, 4.69) is 4.98 Å². The molecule has 0 aliphatic carbocycles. The number of nitrogens with zero attached hydrogens (tertiary/aromatic N) is 1. The summed E-state index contributed by atoms with van der Waals surface area (Å²) in [5.41, 5.74) is 6.43. The van der Waals surface area contributed by atoms with E-state index in [0.29, 0.717) is 5.76 Å². The van der Waals surface area contributed by atoms with Crippen molar-refractivity contribution in [1.29, 1.82) is 0 Å². The second kappa shape index (κ2) is 4.07. The van der Waals surface area contributed by atoms with Gasteiger partial charge < -0.3 is 14.9 Å². The summed E-state index contributed by atoms with van der Waals surface area (Å²) in [6, 6.07) is 12.1. The Kier molecular flexibility index (Phi) is 2.41. The lowest BCUT2D eigenvalue weighted by molar-refractivity contribution is 0.415. The first-order valence-corrected chi connectivity index (χ1v) is 5.56. The quantitative estimate of drug-likeness (QED) is 0.747. The minimum atomic E-state index is 0.180. The van der Waals surface area contributed by atoms with Crippen LogP contribution in [-0.2, 0) is 0 Å². The van der Waals surface area contributed by atoms with E-state index in [0.717, 1.165) is 22.1 Å². The van der Waals surface area contributed by atoms with Crippen LogP contribution in [0.3, 0.4) is 0 Å². The fraction of sp³-hybridized carbons (Fsp3) is 0.0714. The first-order valence-electron chi connectivity index (χ1n) is 5.56. The van der Waals surface area contributed by atoms with Crippen LogP contribution >= 0.6 is 0 Å². The fourth-order valence-corrected chi connectivity index (χ4v) is 1.93. The van der Waals surface area contributed by atoms with E-state index >= 15 is 0 Å². The van der Waals surface area contributed by atoms with E-state index in [1.54, 1.807) is 13.3 Å². The number of fused-ring (bicyclic) bond motifs is 1. The zero-order chi connectivity index (χ0) is 12.5. The van der Waals surface area contributed by atoms with E-state index in [4.69, 9.17) is 14.9 Å². The van der Waals surface area contributed by atoms with Crippen LogP contribution in [0.4, 0.5) is 6.01 Å². The van der Waals surface area contributed by atoms with Crippen molar-refractivity contribution in [3.05, 3.63) is 42.6 Å². The summed E-state index contributed by atoms with van der Waals surface area (Å²) in [5, 5.41) is 2.23. The number of aromatic nitrogens is 1. The molecule has 0 bridgehead atoms. The van der Waals surface area contributed by atoms with Crippen molar-refractivity contribution in [1.82, 2.24) is 4.98 Å². The molecule has 90 valence electrons. The van der Waals surface area contributed by atoms with Crippen molar-refractivity contribution < 1.29 is 9.15 Å². The Morgan fingerprint density at radius 1 is 1.11 bits per heavy atom. The average molecular weight is 240 g/mol. The molecule has 2 N–H and O–H groups in total. The number of rotatable bonds is 2. The predicted molar refractivity (Wildman–Crippen MR) is 70.4 cm³/mol. The maximum absolute atomic E-state index is 5.47. The second-order valence-electron chi connectivity index (χ2n) is 3.99. The molecule has 0 aliphatic heterocycles. The highest BCUT2D eigenvalue weighted by Crippen LogP contribution is 2.27. The Balaban J connectivity index is 2.11. The monoisotopic (exact) mass is 240 g/mol. The summed E-state index contributed by atoms with van der Waals surface area (Å²) in [6.45, 7) is 0. The molecule has 2 aromatic carbocycles. The molecule has 0 unspecified atom stereocenters. The first-order chi connectivity index (χ1) is 8.76. The van der Waals surface area contributed by atoms with Crippen molar-refractivity contribution in [2.45, 2.75) is 0 Å². The second-order valence-corrected chi connectivity index (χ2v) is 3.99. The average Bonchev–Trinajstić information content (AvgIpc) is 2.84. The van der Waals surface area contributed by atoms with Gasteiger partial charge in [-0.05, 0) is 29.0 Å². The molecule has 3 aromatic rings. The number of oxazole rings is 1. The van der Waals surface area contributed by atoms with E-state index in [1.807, 2.05) is 36.4 Å². The van der Waals surface area contributed by atoms with Gasteiger partial charge in [-0.1, -0.05) is 18.2 Å². The van der Waals surface area contributed by atoms with Gasteiger partial charge in [0.1, 0.15) is 5.75 Å². The molecule has 1 heterocycles. The van der Waals surface area contributed by atoms with Gasteiger partial charge in [-0.2, -0.15) is 0 Å². The van der Waals surface area contributed by atoms with Gasteiger partial charge in [0.05, 0.1) is 13.3 Å². The Hall–Kier alpha value is -2.49. The summed E-state index contributed by atoms with van der Waals surface area (Å²) < 4.78 is 10.5. The van der Waals surface area contributed by atoms with E-state index < -0.39 is 0 Å². The topological polar surface area (TPSA) is 61.3 Å². The number of methoxy groups -OCH3 is 1. The molecule has 0 spiro atoms. The van der Waals surface area contributed by atoms with Crippen LogP contribution in [-0.4, -0.2) is 12.1 Å². The third kappa shape index (κ3) is 1.78. The Bertz CT molecular complexity index is 704. The van der Waals surface area contributed by atoms with Crippen LogP contribution in [0.5, 0.6) is 5.75 Å². The van der Waals surface area contributed by atoms with Crippen molar-refractivity contribution in [2.75, 3.05) is 12.8 Å². The molecule has 0 saturated heterocycles. The van der Waals surface area contributed by atoms with Crippen LogP contribution in [0.15, 0.2) is 47.0 Å². The van der Waals surface area contributed by atoms with Crippen LogP contribution < -0.4 is 10.5 Å². The highest BCUT2D eigenvalue weighted by molar-refractivity contribution is 5.87. The lowest BCUT2D eigenvalue weighted by Crippen LogP contribution is -1.83. The lowest BCUT2D eigenvalue weighted by atomic mass is 10.1. The molecule has 0 fully saturated rings. The first kappa shape index (κ1) is 10.7. The number of ether oxygens (including phenoxy) is 1. The third-order valence-electron chi connectivity index (χ3n) is 2.86. The van der Waals surface area contributed by atoms with Gasteiger partial charge in [0, 0.05) is 5.56 Å². The molecule has 1 aromatic heterocycles. The summed E-state index contributed by atoms with van der Waals surface area (Å²) >= 11 is 0. The fourth-order valence-electron chi connectivity index (χ4n) is 1.93. The molecule has 4 nitrogen and oxygen atoms in total. The molecule has 0 amide bonds. The van der Waals surface area contributed by atoms with Crippen LogP contribution in [0.25, 0.3) is 22.1 Å². The highest BCUT2D eigenvalue weighted by Gasteiger charge is 2.05. The van der Waals surface area contributed by atoms with Gasteiger partial charge in [0.15, 0.2) is 5.76 Å². The number of anilines is 1. The lowest BCUT2D eigenvalue weighted by Gasteiger charge is -2.04. The summed E-state index contributed by atoms with van der Waals surface area (Å²) in [4.78, 5) is 3.89. The largest absolute Gasteiger partial charge is 0.497 e. The van der Waals surface area contributed by atoms with E-state index in [-0.39, 0.29) is 6.01 Å². The van der Waals surface area contributed by atoms with Gasteiger partial charge in [-0.15, -0.1) is 0 Å². The SMILES string of the molecule is COc1ccc2cc(-c3cnc(N)o3)ccc2c1. The summed E-state index contributed by atoms with van der Waals surface area (Å²) in [5.74, 6) is 1.52. The smallest absolute Gasteiger partial charge is 0.292 e. The van der Waals surface area contributed by atoms with Crippen LogP contribution in [0.1, 0.15) is 0 Å². The minimum Gasteiger partial charge on any atom is -0.497 e. The molecule has 4 heteroatoms. The molecular formula is C14H12N2O2. The predicted octanol–water partition coefficient (Wildman–Crippen LogP) is 3.09.